The van der Waals surface area contributed by atoms with E-state index in [-0.39, 0.29) is 18.6 Å². The van der Waals surface area contributed by atoms with Gasteiger partial charge in [0.1, 0.15) is 5.69 Å². The van der Waals surface area contributed by atoms with Crippen molar-refractivity contribution in [3.8, 4) is 0 Å². The average Bonchev–Trinajstić information content (AvgIpc) is 2.64. The standard InChI is InChI=1S/C11H17BrN2O2/c1-7(2)9(3-4-15)14-11(16)10-5-8(12)6-13-10/h5-7,9,13,15H,3-4H2,1-2H3,(H,14,16). The molecule has 0 radical (unpaired) electrons. The van der Waals surface area contributed by atoms with Crippen LogP contribution >= 0.6 is 15.9 Å². The Labute approximate surface area is 104 Å². The Bertz CT molecular complexity index is 350. The second-order valence-electron chi connectivity index (χ2n) is 4.07. The lowest BCUT2D eigenvalue weighted by atomic mass is 10.0. The first-order chi connectivity index (χ1) is 7.54. The molecule has 0 aliphatic rings. The summed E-state index contributed by atoms with van der Waals surface area (Å²) in [6, 6.07) is 1.73. The SMILES string of the molecule is CC(C)C(CCO)NC(=O)c1cc(Br)c[nH]1. The highest BCUT2D eigenvalue weighted by Gasteiger charge is 2.17. The average molecular weight is 289 g/mol. The largest absolute Gasteiger partial charge is 0.396 e. The van der Waals surface area contributed by atoms with E-state index in [4.69, 9.17) is 5.11 Å². The maximum Gasteiger partial charge on any atom is 0.267 e. The Morgan fingerprint density at radius 1 is 1.62 bits per heavy atom. The lowest BCUT2D eigenvalue weighted by Crippen LogP contribution is -2.39. The molecule has 0 saturated carbocycles. The predicted molar refractivity (Wildman–Crippen MR) is 66.3 cm³/mol. The zero-order valence-electron chi connectivity index (χ0n) is 9.46. The second kappa shape index (κ2) is 6.06. The number of nitrogens with one attached hydrogen (secondary N) is 2. The van der Waals surface area contributed by atoms with E-state index in [0.717, 1.165) is 4.47 Å². The smallest absolute Gasteiger partial charge is 0.267 e. The summed E-state index contributed by atoms with van der Waals surface area (Å²) in [5.74, 6) is 0.160. The van der Waals surface area contributed by atoms with Gasteiger partial charge in [-0.05, 0) is 34.3 Å². The Kier molecular flexibility index (Phi) is 5.02. The molecule has 0 saturated heterocycles. The first-order valence-corrected chi connectivity index (χ1v) is 6.09. The monoisotopic (exact) mass is 288 g/mol. The van der Waals surface area contributed by atoms with Crippen molar-refractivity contribution >= 4 is 21.8 Å². The summed E-state index contributed by atoms with van der Waals surface area (Å²) in [5.41, 5.74) is 0.524. The van der Waals surface area contributed by atoms with Crippen molar-refractivity contribution in [2.45, 2.75) is 26.3 Å². The van der Waals surface area contributed by atoms with Crippen molar-refractivity contribution in [2.75, 3.05) is 6.61 Å². The van der Waals surface area contributed by atoms with Gasteiger partial charge in [0.15, 0.2) is 0 Å². The van der Waals surface area contributed by atoms with Gasteiger partial charge < -0.3 is 15.4 Å². The minimum absolute atomic E-state index is 0.000393. The van der Waals surface area contributed by atoms with E-state index in [0.29, 0.717) is 18.0 Å². The van der Waals surface area contributed by atoms with E-state index in [9.17, 15) is 4.79 Å². The van der Waals surface area contributed by atoms with Gasteiger partial charge in [-0.1, -0.05) is 13.8 Å². The van der Waals surface area contributed by atoms with Crippen LogP contribution in [-0.2, 0) is 0 Å². The van der Waals surface area contributed by atoms with Gasteiger partial charge >= 0.3 is 0 Å². The quantitative estimate of drug-likeness (QED) is 0.775. The molecule has 90 valence electrons. The Hall–Kier alpha value is -0.810. The highest BCUT2D eigenvalue weighted by molar-refractivity contribution is 9.10. The molecule has 1 aromatic rings. The lowest BCUT2D eigenvalue weighted by Gasteiger charge is -2.21. The van der Waals surface area contributed by atoms with Crippen LogP contribution in [0.2, 0.25) is 0 Å². The van der Waals surface area contributed by atoms with Gasteiger partial charge in [-0.2, -0.15) is 0 Å². The fraction of sp³-hybridized carbons (Fsp3) is 0.545. The summed E-state index contributed by atoms with van der Waals surface area (Å²) in [7, 11) is 0. The van der Waals surface area contributed by atoms with Gasteiger partial charge in [-0.3, -0.25) is 4.79 Å². The summed E-state index contributed by atoms with van der Waals surface area (Å²) >= 11 is 3.28. The zero-order valence-corrected chi connectivity index (χ0v) is 11.0. The number of aromatic amines is 1. The number of hydrogen-bond donors (Lipinski definition) is 3. The molecule has 1 heterocycles. The second-order valence-corrected chi connectivity index (χ2v) is 4.98. The molecule has 3 N–H and O–H groups in total. The third-order valence-electron chi connectivity index (χ3n) is 2.45. The van der Waals surface area contributed by atoms with Crippen LogP contribution < -0.4 is 5.32 Å². The van der Waals surface area contributed by atoms with E-state index in [1.54, 1.807) is 12.3 Å². The first-order valence-electron chi connectivity index (χ1n) is 5.30. The molecular weight excluding hydrogens is 272 g/mol. The number of carbonyl (C=O) groups excluding carboxylic acids is 1. The molecular formula is C11H17BrN2O2. The lowest BCUT2D eigenvalue weighted by molar-refractivity contribution is 0.0912. The molecule has 1 amide bonds. The molecule has 0 aromatic carbocycles. The summed E-state index contributed by atoms with van der Waals surface area (Å²) in [5, 5.41) is 11.8. The van der Waals surface area contributed by atoms with E-state index < -0.39 is 0 Å². The molecule has 0 aliphatic heterocycles. The van der Waals surface area contributed by atoms with Crippen LogP contribution in [0.1, 0.15) is 30.8 Å². The van der Waals surface area contributed by atoms with Crippen LogP contribution in [0.3, 0.4) is 0 Å². The van der Waals surface area contributed by atoms with Crippen molar-refractivity contribution in [3.63, 3.8) is 0 Å². The maximum absolute atomic E-state index is 11.8. The Morgan fingerprint density at radius 2 is 2.31 bits per heavy atom. The third-order valence-corrected chi connectivity index (χ3v) is 2.91. The summed E-state index contributed by atoms with van der Waals surface area (Å²) in [6.45, 7) is 4.12. The summed E-state index contributed by atoms with van der Waals surface area (Å²) < 4.78 is 0.848. The number of rotatable bonds is 5. The van der Waals surface area contributed by atoms with Crippen molar-refractivity contribution in [1.82, 2.24) is 10.3 Å². The highest BCUT2D eigenvalue weighted by atomic mass is 79.9. The van der Waals surface area contributed by atoms with Gasteiger partial charge in [0, 0.05) is 23.3 Å². The van der Waals surface area contributed by atoms with Gasteiger partial charge in [0.2, 0.25) is 0 Å². The van der Waals surface area contributed by atoms with E-state index in [2.05, 4.69) is 26.2 Å². The molecule has 16 heavy (non-hydrogen) atoms. The number of hydrogen-bond acceptors (Lipinski definition) is 2. The number of amides is 1. The summed E-state index contributed by atoms with van der Waals surface area (Å²) in [4.78, 5) is 14.7. The van der Waals surface area contributed by atoms with Crippen LogP contribution in [0.25, 0.3) is 0 Å². The first kappa shape index (κ1) is 13.3. The van der Waals surface area contributed by atoms with Gasteiger partial charge in [-0.15, -0.1) is 0 Å². The normalized spacial score (nSPS) is 12.8. The molecule has 4 nitrogen and oxygen atoms in total. The molecule has 0 aliphatic carbocycles. The van der Waals surface area contributed by atoms with Crippen molar-refractivity contribution in [1.29, 1.82) is 0 Å². The fourth-order valence-corrected chi connectivity index (χ4v) is 1.80. The molecule has 5 heteroatoms. The van der Waals surface area contributed by atoms with Crippen molar-refractivity contribution < 1.29 is 9.90 Å². The number of aliphatic hydroxyl groups excluding tert-OH is 1. The third kappa shape index (κ3) is 3.64. The Morgan fingerprint density at radius 3 is 2.75 bits per heavy atom. The van der Waals surface area contributed by atoms with Gasteiger partial charge in [0.05, 0.1) is 0 Å². The molecule has 1 atom stereocenters. The van der Waals surface area contributed by atoms with Crippen molar-refractivity contribution in [3.05, 3.63) is 22.4 Å². The van der Waals surface area contributed by atoms with E-state index in [1.807, 2.05) is 13.8 Å². The minimum atomic E-state index is -0.141. The van der Waals surface area contributed by atoms with Crippen LogP contribution in [0.15, 0.2) is 16.7 Å². The molecule has 1 aromatic heterocycles. The van der Waals surface area contributed by atoms with E-state index >= 15 is 0 Å². The molecule has 0 spiro atoms. The number of aromatic nitrogens is 1. The van der Waals surface area contributed by atoms with Crippen LogP contribution in [0, 0.1) is 5.92 Å². The van der Waals surface area contributed by atoms with Crippen molar-refractivity contribution in [2.24, 2.45) is 5.92 Å². The predicted octanol–water partition coefficient (Wildman–Crippen LogP) is 1.91. The van der Waals surface area contributed by atoms with Gasteiger partial charge in [0.25, 0.3) is 5.91 Å². The summed E-state index contributed by atoms with van der Waals surface area (Å²) in [6.07, 6.45) is 2.29. The topological polar surface area (TPSA) is 65.1 Å². The fourth-order valence-electron chi connectivity index (χ4n) is 1.46. The highest BCUT2D eigenvalue weighted by Crippen LogP contribution is 2.12. The van der Waals surface area contributed by atoms with E-state index in [1.165, 1.54) is 0 Å². The van der Waals surface area contributed by atoms with Crippen LogP contribution in [0.5, 0.6) is 0 Å². The number of aliphatic hydroxyl groups is 1. The zero-order chi connectivity index (χ0) is 12.1. The number of halogens is 1. The number of carbonyl (C=O) groups is 1. The molecule has 0 bridgehead atoms. The Balaban J connectivity index is 2.61. The van der Waals surface area contributed by atoms with Crippen LogP contribution in [-0.4, -0.2) is 28.6 Å². The number of H-pyrrole nitrogens is 1. The molecule has 0 fully saturated rings. The van der Waals surface area contributed by atoms with Gasteiger partial charge in [-0.25, -0.2) is 0 Å². The molecule has 1 unspecified atom stereocenters. The maximum atomic E-state index is 11.8. The molecule has 1 rings (SSSR count). The van der Waals surface area contributed by atoms with Crippen LogP contribution in [0.4, 0.5) is 0 Å². The minimum Gasteiger partial charge on any atom is -0.396 e.